The zero-order valence-corrected chi connectivity index (χ0v) is 22.3. The monoisotopic (exact) mass is 560 g/mol. The number of anilines is 2. The van der Waals surface area contributed by atoms with Crippen molar-refractivity contribution in [2.45, 2.75) is 47.5 Å². The molecule has 1 atom stereocenters. The number of aromatic nitrogens is 2. The first kappa shape index (κ1) is 33.2. The molecule has 1 N–H and O–H groups in total. The molecule has 18 radical (unpaired) electrons. The van der Waals surface area contributed by atoms with Gasteiger partial charge in [0.2, 0.25) is 11.8 Å². The van der Waals surface area contributed by atoms with Crippen LogP contribution in [-0.4, -0.2) is 98.5 Å². The summed E-state index contributed by atoms with van der Waals surface area (Å²) in [5, 5.41) is -5.29. The van der Waals surface area contributed by atoms with Crippen molar-refractivity contribution in [2.24, 2.45) is 5.41 Å². The first-order valence-electron chi connectivity index (χ1n) is 11.6. The number of nitrogens with zero attached hydrogens (tertiary/aromatic N) is 3. The number of ether oxygens (including phenoxy) is 1. The minimum Gasteiger partial charge on any atom is -0.463 e. The number of rotatable bonds is 8. The van der Waals surface area contributed by atoms with E-state index in [1.165, 1.54) is 24.0 Å². The number of carbonyl (C=O) groups is 2. The molecule has 1 unspecified atom stereocenters. The molecule has 2 aromatic heterocycles. The molecule has 190 valence electrons. The van der Waals surface area contributed by atoms with Crippen LogP contribution in [0.25, 0.3) is 0 Å². The summed E-state index contributed by atoms with van der Waals surface area (Å²) < 4.78 is 44.2. The average molecular weight is 559 g/mol. The van der Waals surface area contributed by atoms with E-state index in [0.29, 0.717) is 0 Å². The van der Waals surface area contributed by atoms with E-state index < -0.39 is 57.0 Å². The summed E-state index contributed by atoms with van der Waals surface area (Å²) >= 11 is 6.34. The lowest BCUT2D eigenvalue weighted by Crippen LogP contribution is -2.58. The largest absolute Gasteiger partial charge is 0.463 e. The molecule has 0 aliphatic carbocycles. The number of pyridine rings is 2. The first-order chi connectivity index (χ1) is 18.5. The molecule has 41 heavy (non-hydrogen) atoms. The second-order valence-electron chi connectivity index (χ2n) is 9.81. The van der Waals surface area contributed by atoms with E-state index in [-0.39, 0.29) is 34.5 Å². The third-order valence-electron chi connectivity index (χ3n) is 6.47. The van der Waals surface area contributed by atoms with Crippen LogP contribution in [0.3, 0.4) is 0 Å². The lowest BCUT2D eigenvalue weighted by atomic mass is 9.09. The van der Waals surface area contributed by atoms with Gasteiger partial charge in [0.25, 0.3) is 5.91 Å². The summed E-state index contributed by atoms with van der Waals surface area (Å²) in [5.74, 6) is -1.94. The lowest BCUT2D eigenvalue weighted by Gasteiger charge is -2.65. The number of carbonyl (C=O) groups excluding carboxylic acids is 2. The Bertz CT molecular complexity index is 1300. The Morgan fingerprint density at radius 3 is 2.07 bits per heavy atom. The first-order valence-corrected chi connectivity index (χ1v) is 12.0. The minimum atomic E-state index is -4.63. The maximum Gasteiger partial charge on any atom is 0.433 e. The van der Waals surface area contributed by atoms with Crippen LogP contribution < -0.4 is 15.0 Å². The fourth-order valence-electron chi connectivity index (χ4n) is 4.42. The Kier molecular flexibility index (Phi) is 8.98. The van der Waals surface area contributed by atoms with E-state index in [1.54, 1.807) is 0 Å². The molecule has 1 aliphatic rings. The van der Waals surface area contributed by atoms with Crippen molar-refractivity contribution in [3.05, 3.63) is 40.7 Å². The van der Waals surface area contributed by atoms with Crippen molar-refractivity contribution >= 4 is 106 Å². The van der Waals surface area contributed by atoms with Gasteiger partial charge in [-0.1, -0.05) is 23.1 Å². The van der Waals surface area contributed by atoms with Crippen LogP contribution in [0.1, 0.15) is 24.6 Å². The van der Waals surface area contributed by atoms with Gasteiger partial charge in [-0.25, -0.2) is 0 Å². The van der Waals surface area contributed by atoms with Gasteiger partial charge < -0.3 is 10.1 Å². The van der Waals surface area contributed by atoms with Crippen LogP contribution in [0.15, 0.2) is 24.4 Å². The lowest BCUT2D eigenvalue weighted by molar-refractivity contribution is -0.141. The Balaban J connectivity index is 1.94. The number of hydrogen-bond acceptors (Lipinski definition) is 5. The van der Waals surface area contributed by atoms with E-state index in [0.717, 1.165) is 12.3 Å². The van der Waals surface area contributed by atoms with Crippen molar-refractivity contribution in [1.29, 1.82) is 0 Å². The van der Waals surface area contributed by atoms with E-state index >= 15 is 0 Å². The van der Waals surface area contributed by atoms with E-state index in [9.17, 15) is 22.8 Å². The highest BCUT2D eigenvalue weighted by Crippen LogP contribution is 2.63. The Morgan fingerprint density at radius 2 is 1.61 bits per heavy atom. The number of amides is 2. The van der Waals surface area contributed by atoms with Crippen molar-refractivity contribution in [2.75, 3.05) is 10.2 Å². The molecule has 3 heterocycles. The Labute approximate surface area is 252 Å². The molecule has 0 bridgehead atoms. The van der Waals surface area contributed by atoms with Crippen LogP contribution in [0.4, 0.5) is 24.7 Å². The van der Waals surface area contributed by atoms with Crippen molar-refractivity contribution in [3.63, 3.8) is 0 Å². The van der Waals surface area contributed by atoms with Gasteiger partial charge in [-0.3, -0.25) is 19.5 Å². The number of hydrogen-bond donors (Lipinski definition) is 1. The normalized spacial score (nSPS) is 16.6. The molecule has 0 fully saturated rings. The van der Waals surface area contributed by atoms with E-state index in [4.69, 9.17) is 87.0 Å². The van der Waals surface area contributed by atoms with Gasteiger partial charge in [0.1, 0.15) is 11.4 Å². The Morgan fingerprint density at radius 1 is 1.05 bits per heavy atom. The van der Waals surface area contributed by atoms with Crippen LogP contribution in [0, 0.1) is 5.41 Å². The fourth-order valence-corrected chi connectivity index (χ4v) is 4.61. The molecule has 2 aromatic rings. The minimum absolute atomic E-state index is 0.0602. The van der Waals surface area contributed by atoms with Crippen molar-refractivity contribution < 1.29 is 27.5 Å². The van der Waals surface area contributed by atoms with Crippen LogP contribution in [0.5, 0.6) is 5.88 Å². The van der Waals surface area contributed by atoms with Crippen molar-refractivity contribution in [3.8, 4) is 5.88 Å². The summed E-state index contributed by atoms with van der Waals surface area (Å²) in [7, 11) is 52.4. The summed E-state index contributed by atoms with van der Waals surface area (Å²) in [4.78, 5) is 34.7. The summed E-state index contributed by atoms with van der Waals surface area (Å²) in [6.45, 7) is 1.22. The fraction of sp³-hybridized carbons (Fsp3) is 0.429. The molecule has 0 saturated heterocycles. The highest BCUT2D eigenvalue weighted by Gasteiger charge is 2.54. The smallest absolute Gasteiger partial charge is 0.433 e. The summed E-state index contributed by atoms with van der Waals surface area (Å²) in [6.07, 6.45) is -5.63. The number of nitrogens with one attached hydrogen (secondary N) is 1. The zero-order chi connectivity index (χ0) is 31.3. The molecule has 20 heteroatoms. The van der Waals surface area contributed by atoms with Gasteiger partial charge >= 0.3 is 6.18 Å². The second-order valence-corrected chi connectivity index (χ2v) is 10.2. The quantitative estimate of drug-likeness (QED) is 0.478. The average Bonchev–Trinajstić information content (AvgIpc) is 2.79. The van der Waals surface area contributed by atoms with Crippen LogP contribution in [-0.2, 0) is 22.3 Å². The molecule has 0 spiro atoms. The van der Waals surface area contributed by atoms with Crippen molar-refractivity contribution in [1.82, 2.24) is 9.97 Å². The molecule has 0 aromatic carbocycles. The van der Waals surface area contributed by atoms with Crippen LogP contribution in [0.2, 0.25) is 20.4 Å². The van der Waals surface area contributed by atoms with Gasteiger partial charge in [-0.15, -0.1) is 15.3 Å². The highest BCUT2D eigenvalue weighted by molar-refractivity contribution is 6.69. The molecular formula is C21H13B9ClF3N4O3. The maximum absolute atomic E-state index is 13.1. The molecule has 3 rings (SSSR count). The molecule has 2 amide bonds. The number of halogens is 4. The SMILES string of the molecule is [B]C([B])([B])C(CC(=O)Nc1nc2c(cc1Cl)N(Cc1ccc(C(F)(F)F)nc1)C(=O)C(C)O2)(C([B])([B])[B])C([B])([B])[B]. The predicted octanol–water partition coefficient (Wildman–Crippen LogP) is 0.515. The third-order valence-corrected chi connectivity index (χ3v) is 6.76. The highest BCUT2D eigenvalue weighted by atomic mass is 35.5. The second kappa shape index (κ2) is 11.1. The maximum atomic E-state index is 13.1. The third kappa shape index (κ3) is 6.54. The standard InChI is InChI=1S/C21H13B9ClF3N4O3/c1-8-16(40)38(7-9-2-3-12(35-6-9)18(32,33)34)11-4-10(31)14(37-15(11)41-8)36-13(39)5-17(19(22,23)24,20(25,26)27)21(28,29)30/h2-4,6,8H,5,7H2,1H3,(H,36,37,39). The summed E-state index contributed by atoms with van der Waals surface area (Å²) in [5.41, 5.74) is -3.19. The molecule has 7 nitrogen and oxygen atoms in total. The topological polar surface area (TPSA) is 84.4 Å². The Hall–Kier alpha value is -2.30. The van der Waals surface area contributed by atoms with Gasteiger partial charge in [0.15, 0.2) is 11.9 Å². The summed E-state index contributed by atoms with van der Waals surface area (Å²) in [6, 6.07) is 3.19. The zero-order valence-electron chi connectivity index (χ0n) is 21.6. The van der Waals surface area contributed by atoms with Gasteiger partial charge in [0.05, 0.1) is 82.2 Å². The molecule has 1 aliphatic heterocycles. The number of fused-ring (bicyclic) bond motifs is 1. The molecule has 0 saturated carbocycles. The molecular weight excluding hydrogens is 546 g/mol. The number of alkyl halides is 3. The predicted molar refractivity (Wildman–Crippen MR) is 155 cm³/mol. The van der Waals surface area contributed by atoms with E-state index in [2.05, 4.69) is 15.3 Å². The van der Waals surface area contributed by atoms with E-state index in [1.807, 2.05) is 0 Å². The van der Waals surface area contributed by atoms with Crippen LogP contribution >= 0.6 is 11.6 Å². The van der Waals surface area contributed by atoms with Gasteiger partial charge in [-0.05, 0) is 24.6 Å². The van der Waals surface area contributed by atoms with Gasteiger partial charge in [0, 0.05) is 12.6 Å². The van der Waals surface area contributed by atoms with Gasteiger partial charge in [-0.2, -0.15) is 18.2 Å².